The Balaban J connectivity index is 1.59. The molecule has 2 aromatic rings. The number of hydrogen-bond acceptors (Lipinski definition) is 1. The average molecular weight is 289 g/mol. The molecule has 2 saturated carbocycles. The van der Waals surface area contributed by atoms with Crippen molar-refractivity contribution in [2.45, 2.75) is 50.9 Å². The summed E-state index contributed by atoms with van der Waals surface area (Å²) in [6, 6.07) is 5.93. The fraction of sp³-hybridized carbons (Fsp3) is 0.588. The number of nitrogens with one attached hydrogen (secondary N) is 1. The lowest BCUT2D eigenvalue weighted by molar-refractivity contribution is 0.153. The van der Waals surface area contributed by atoms with Gasteiger partial charge in [0, 0.05) is 10.9 Å². The molecule has 2 aliphatic rings. The van der Waals surface area contributed by atoms with Gasteiger partial charge in [0.1, 0.15) is 5.82 Å². The molecule has 1 N–H and O–H groups in total. The topological polar surface area (TPSA) is 28.7 Å². The molecule has 2 fully saturated rings. The number of H-pyrrole nitrogens is 1. The van der Waals surface area contributed by atoms with Crippen LogP contribution in [-0.2, 0) is 0 Å². The van der Waals surface area contributed by atoms with Crippen LogP contribution in [0.1, 0.15) is 56.7 Å². The fourth-order valence-corrected chi connectivity index (χ4v) is 4.49. The maximum Gasteiger partial charge on any atom is 0.110 e. The van der Waals surface area contributed by atoms with E-state index in [0.717, 1.165) is 27.9 Å². The molecule has 0 spiro atoms. The van der Waals surface area contributed by atoms with Crippen LogP contribution in [0.15, 0.2) is 18.2 Å². The molecule has 0 saturated heterocycles. The zero-order valence-electron chi connectivity index (χ0n) is 11.7. The fourth-order valence-electron chi connectivity index (χ4n) is 4.32. The van der Waals surface area contributed by atoms with E-state index in [4.69, 9.17) is 16.6 Å². The Morgan fingerprint density at radius 1 is 1.05 bits per heavy atom. The Morgan fingerprint density at radius 2 is 1.90 bits per heavy atom. The second kappa shape index (κ2) is 5.07. The van der Waals surface area contributed by atoms with Crippen LogP contribution in [0.5, 0.6) is 0 Å². The quantitative estimate of drug-likeness (QED) is 0.759. The molecule has 0 bridgehead atoms. The molecule has 2 aliphatic carbocycles. The summed E-state index contributed by atoms with van der Waals surface area (Å²) in [6.07, 6.45) is 9.82. The average Bonchev–Trinajstić information content (AvgIpc) is 2.89. The monoisotopic (exact) mass is 288 g/mol. The maximum absolute atomic E-state index is 6.06. The zero-order valence-corrected chi connectivity index (χ0v) is 12.5. The van der Waals surface area contributed by atoms with Gasteiger partial charge in [0.15, 0.2) is 0 Å². The Morgan fingerprint density at radius 3 is 2.80 bits per heavy atom. The molecule has 1 aromatic heterocycles. The largest absolute Gasteiger partial charge is 0.342 e. The summed E-state index contributed by atoms with van der Waals surface area (Å²) >= 11 is 6.06. The summed E-state index contributed by atoms with van der Waals surface area (Å²) in [5, 5.41) is 0.781. The van der Waals surface area contributed by atoms with Crippen molar-refractivity contribution in [3.63, 3.8) is 0 Å². The molecule has 0 radical (unpaired) electrons. The molecule has 106 valence electrons. The molecular formula is C17H21ClN2. The van der Waals surface area contributed by atoms with Gasteiger partial charge in [-0.05, 0) is 49.3 Å². The summed E-state index contributed by atoms with van der Waals surface area (Å²) in [6.45, 7) is 0. The van der Waals surface area contributed by atoms with Crippen molar-refractivity contribution in [1.82, 2.24) is 9.97 Å². The van der Waals surface area contributed by atoms with E-state index in [1.54, 1.807) is 0 Å². The van der Waals surface area contributed by atoms with Crippen molar-refractivity contribution in [3.8, 4) is 0 Å². The van der Waals surface area contributed by atoms with Crippen LogP contribution in [0, 0.1) is 11.8 Å². The van der Waals surface area contributed by atoms with Gasteiger partial charge in [-0.1, -0.05) is 37.3 Å². The van der Waals surface area contributed by atoms with Gasteiger partial charge in [0.05, 0.1) is 11.0 Å². The van der Waals surface area contributed by atoms with Gasteiger partial charge in [-0.15, -0.1) is 0 Å². The smallest absolute Gasteiger partial charge is 0.110 e. The number of nitrogens with zero attached hydrogens (tertiary/aromatic N) is 1. The minimum Gasteiger partial charge on any atom is -0.342 e. The van der Waals surface area contributed by atoms with E-state index in [9.17, 15) is 0 Å². The second-order valence-corrected chi connectivity index (χ2v) is 7.03. The number of imidazole rings is 1. The van der Waals surface area contributed by atoms with Crippen molar-refractivity contribution in [3.05, 3.63) is 29.0 Å². The van der Waals surface area contributed by atoms with Crippen LogP contribution < -0.4 is 0 Å². The highest BCUT2D eigenvalue weighted by Crippen LogP contribution is 2.45. The molecule has 4 rings (SSSR count). The summed E-state index contributed by atoms with van der Waals surface area (Å²) in [5.74, 6) is 3.75. The summed E-state index contributed by atoms with van der Waals surface area (Å²) in [4.78, 5) is 8.31. The first-order valence-electron chi connectivity index (χ1n) is 7.95. The second-order valence-electron chi connectivity index (χ2n) is 6.60. The molecule has 1 aromatic carbocycles. The van der Waals surface area contributed by atoms with Crippen molar-refractivity contribution < 1.29 is 0 Å². The summed E-state index contributed by atoms with van der Waals surface area (Å²) in [5.41, 5.74) is 2.13. The van der Waals surface area contributed by atoms with E-state index < -0.39 is 0 Å². The summed E-state index contributed by atoms with van der Waals surface area (Å²) in [7, 11) is 0. The Labute approximate surface area is 124 Å². The first-order chi connectivity index (χ1) is 9.79. The SMILES string of the molecule is Clc1ccc2nc(C3CCC4CCCCC4C3)[nH]c2c1. The van der Waals surface area contributed by atoms with Gasteiger partial charge in [-0.3, -0.25) is 0 Å². The highest BCUT2D eigenvalue weighted by atomic mass is 35.5. The maximum atomic E-state index is 6.06. The number of hydrogen-bond donors (Lipinski definition) is 1. The third kappa shape index (κ3) is 2.24. The minimum atomic E-state index is 0.625. The van der Waals surface area contributed by atoms with Crippen LogP contribution in [0.3, 0.4) is 0 Å². The first kappa shape index (κ1) is 12.7. The van der Waals surface area contributed by atoms with Crippen molar-refractivity contribution in [2.75, 3.05) is 0 Å². The molecular weight excluding hydrogens is 268 g/mol. The molecule has 0 amide bonds. The lowest BCUT2D eigenvalue weighted by Crippen LogP contribution is -2.27. The Hall–Kier alpha value is -1.02. The van der Waals surface area contributed by atoms with Gasteiger partial charge in [-0.2, -0.15) is 0 Å². The highest BCUT2D eigenvalue weighted by Gasteiger charge is 2.33. The van der Waals surface area contributed by atoms with Crippen LogP contribution >= 0.6 is 11.6 Å². The van der Waals surface area contributed by atoms with E-state index in [0.29, 0.717) is 5.92 Å². The predicted molar refractivity (Wildman–Crippen MR) is 83.1 cm³/mol. The number of fused-ring (bicyclic) bond motifs is 2. The normalized spacial score (nSPS) is 30.4. The van der Waals surface area contributed by atoms with Gasteiger partial charge in [0.25, 0.3) is 0 Å². The van der Waals surface area contributed by atoms with Crippen molar-refractivity contribution >= 4 is 22.6 Å². The van der Waals surface area contributed by atoms with Gasteiger partial charge in [-0.25, -0.2) is 4.98 Å². The van der Waals surface area contributed by atoms with Crippen LogP contribution in [0.4, 0.5) is 0 Å². The number of rotatable bonds is 1. The third-order valence-corrected chi connectivity index (χ3v) is 5.62. The van der Waals surface area contributed by atoms with Gasteiger partial charge in [0.2, 0.25) is 0 Å². The standard InChI is InChI=1S/C17H21ClN2/c18-14-7-8-15-16(10-14)20-17(19-15)13-6-5-11-3-1-2-4-12(11)9-13/h7-8,10-13H,1-6,9H2,(H,19,20). The first-order valence-corrected chi connectivity index (χ1v) is 8.32. The van der Waals surface area contributed by atoms with E-state index in [-0.39, 0.29) is 0 Å². The molecule has 20 heavy (non-hydrogen) atoms. The van der Waals surface area contributed by atoms with E-state index >= 15 is 0 Å². The molecule has 0 aliphatic heterocycles. The van der Waals surface area contributed by atoms with Crippen LogP contribution in [0.2, 0.25) is 5.02 Å². The number of aromatic amines is 1. The van der Waals surface area contributed by atoms with E-state index in [2.05, 4.69) is 4.98 Å². The Bertz CT molecular complexity index is 618. The molecule has 3 atom stereocenters. The van der Waals surface area contributed by atoms with Gasteiger partial charge >= 0.3 is 0 Å². The molecule has 3 heteroatoms. The minimum absolute atomic E-state index is 0.625. The molecule has 1 heterocycles. The molecule has 3 unspecified atom stereocenters. The highest BCUT2D eigenvalue weighted by molar-refractivity contribution is 6.31. The number of aromatic nitrogens is 2. The number of benzene rings is 1. The zero-order chi connectivity index (χ0) is 13.5. The number of halogens is 1. The van der Waals surface area contributed by atoms with Crippen LogP contribution in [-0.4, -0.2) is 9.97 Å². The van der Waals surface area contributed by atoms with Crippen molar-refractivity contribution in [2.24, 2.45) is 11.8 Å². The summed E-state index contributed by atoms with van der Waals surface area (Å²) < 4.78 is 0. The molecule has 2 nitrogen and oxygen atoms in total. The van der Waals surface area contributed by atoms with Crippen molar-refractivity contribution in [1.29, 1.82) is 0 Å². The van der Waals surface area contributed by atoms with Crippen LogP contribution in [0.25, 0.3) is 11.0 Å². The predicted octanol–water partition coefficient (Wildman–Crippen LogP) is 5.29. The lowest BCUT2D eigenvalue weighted by Gasteiger charge is -2.38. The lowest BCUT2D eigenvalue weighted by atomic mass is 9.67. The van der Waals surface area contributed by atoms with E-state index in [1.165, 1.54) is 50.8 Å². The Kier molecular flexibility index (Phi) is 3.22. The van der Waals surface area contributed by atoms with E-state index in [1.807, 2.05) is 18.2 Å². The third-order valence-electron chi connectivity index (χ3n) is 5.39. The van der Waals surface area contributed by atoms with Gasteiger partial charge < -0.3 is 4.98 Å².